The minimum Gasteiger partial charge on any atom is -0.490 e. The van der Waals surface area contributed by atoms with Gasteiger partial charge in [-0.2, -0.15) is 0 Å². The van der Waals surface area contributed by atoms with Crippen LogP contribution in [-0.4, -0.2) is 45.4 Å². The Morgan fingerprint density at radius 3 is 2.09 bits per heavy atom. The second kappa shape index (κ2) is 10.8. The van der Waals surface area contributed by atoms with E-state index in [4.69, 9.17) is 14.2 Å². The van der Waals surface area contributed by atoms with E-state index in [-0.39, 0.29) is 6.10 Å². The standard InChI is InChI=1S/C28H41NO5/c1-7-8-20-19-23(34-22-11-9-21(10-12-22)27(2,3)4)13-14-24(20)29-17-15-28(16-18-29,25(30)32-5)26(31)33-6/h7-8,13-14,19,21-22H,9-12,15-18H2,1-6H3/b8-7-. The summed E-state index contributed by atoms with van der Waals surface area (Å²) in [4.78, 5) is 27.1. The van der Waals surface area contributed by atoms with E-state index in [2.05, 4.69) is 43.9 Å². The van der Waals surface area contributed by atoms with Crippen molar-refractivity contribution >= 4 is 23.7 Å². The summed E-state index contributed by atoms with van der Waals surface area (Å²) >= 11 is 0. The van der Waals surface area contributed by atoms with Crippen LogP contribution in [0.1, 0.15) is 71.8 Å². The van der Waals surface area contributed by atoms with Gasteiger partial charge in [0.1, 0.15) is 5.75 Å². The molecule has 1 aromatic rings. The van der Waals surface area contributed by atoms with E-state index in [1.165, 1.54) is 27.1 Å². The lowest BCUT2D eigenvalue weighted by Crippen LogP contribution is -2.50. The van der Waals surface area contributed by atoms with Gasteiger partial charge in [0.15, 0.2) is 5.41 Å². The van der Waals surface area contributed by atoms with Gasteiger partial charge in [0.05, 0.1) is 20.3 Å². The Morgan fingerprint density at radius 1 is 1.00 bits per heavy atom. The molecule has 0 spiro atoms. The summed E-state index contributed by atoms with van der Waals surface area (Å²) in [5.74, 6) is 0.622. The van der Waals surface area contributed by atoms with E-state index >= 15 is 0 Å². The molecule has 6 nitrogen and oxygen atoms in total. The van der Waals surface area contributed by atoms with Crippen LogP contribution < -0.4 is 9.64 Å². The highest BCUT2D eigenvalue weighted by molar-refractivity contribution is 6.00. The maximum absolute atomic E-state index is 12.4. The Bertz CT molecular complexity index is 867. The Morgan fingerprint density at radius 2 is 1.59 bits per heavy atom. The van der Waals surface area contributed by atoms with Crippen LogP contribution in [-0.2, 0) is 19.1 Å². The first kappa shape index (κ1) is 26.1. The average Bonchev–Trinajstić information content (AvgIpc) is 2.83. The van der Waals surface area contributed by atoms with Crippen LogP contribution in [0.25, 0.3) is 6.08 Å². The fourth-order valence-electron chi connectivity index (χ4n) is 5.46. The lowest BCUT2D eigenvalue weighted by atomic mass is 9.72. The number of carbonyl (C=O) groups is 2. The Balaban J connectivity index is 1.71. The van der Waals surface area contributed by atoms with Gasteiger partial charge in [-0.25, -0.2) is 0 Å². The summed E-state index contributed by atoms with van der Waals surface area (Å²) in [7, 11) is 2.63. The van der Waals surface area contributed by atoms with Crippen LogP contribution in [0.4, 0.5) is 5.69 Å². The van der Waals surface area contributed by atoms with E-state index in [0.717, 1.165) is 35.8 Å². The van der Waals surface area contributed by atoms with Crippen molar-refractivity contribution in [1.29, 1.82) is 0 Å². The molecule has 0 bridgehead atoms. The van der Waals surface area contributed by atoms with Crippen molar-refractivity contribution in [2.45, 2.75) is 72.3 Å². The van der Waals surface area contributed by atoms with Crippen molar-refractivity contribution in [3.63, 3.8) is 0 Å². The predicted molar refractivity (Wildman–Crippen MR) is 135 cm³/mol. The number of hydrogen-bond donors (Lipinski definition) is 0. The third-order valence-electron chi connectivity index (χ3n) is 7.66. The average molecular weight is 472 g/mol. The highest BCUT2D eigenvalue weighted by Crippen LogP contribution is 2.40. The first-order valence-corrected chi connectivity index (χ1v) is 12.5. The molecular weight excluding hydrogens is 430 g/mol. The van der Waals surface area contributed by atoms with E-state index in [1.807, 2.05) is 19.1 Å². The molecule has 0 N–H and O–H groups in total. The number of nitrogens with zero attached hydrogens (tertiary/aromatic N) is 1. The molecule has 0 radical (unpaired) electrons. The number of methoxy groups -OCH3 is 2. The van der Waals surface area contributed by atoms with Crippen molar-refractivity contribution in [2.24, 2.45) is 16.7 Å². The Kier molecular flexibility index (Phi) is 8.32. The molecule has 34 heavy (non-hydrogen) atoms. The van der Waals surface area contributed by atoms with Gasteiger partial charge in [0, 0.05) is 24.3 Å². The molecule has 2 aliphatic rings. The first-order chi connectivity index (χ1) is 16.1. The zero-order valence-corrected chi connectivity index (χ0v) is 21.7. The largest absolute Gasteiger partial charge is 0.490 e. The van der Waals surface area contributed by atoms with Crippen LogP contribution in [0, 0.1) is 16.7 Å². The summed E-state index contributed by atoms with van der Waals surface area (Å²) in [6, 6.07) is 6.24. The maximum Gasteiger partial charge on any atom is 0.323 e. The van der Waals surface area contributed by atoms with Gasteiger partial charge >= 0.3 is 11.9 Å². The first-order valence-electron chi connectivity index (χ1n) is 12.5. The number of piperidine rings is 1. The van der Waals surface area contributed by atoms with E-state index in [1.54, 1.807) is 0 Å². The number of benzene rings is 1. The molecule has 6 heteroatoms. The van der Waals surface area contributed by atoms with Crippen LogP contribution in [0.5, 0.6) is 5.75 Å². The van der Waals surface area contributed by atoms with Crippen molar-refractivity contribution < 1.29 is 23.8 Å². The van der Waals surface area contributed by atoms with Crippen molar-refractivity contribution in [3.8, 4) is 5.75 Å². The number of carbonyl (C=O) groups excluding carboxylic acids is 2. The smallest absolute Gasteiger partial charge is 0.323 e. The van der Waals surface area contributed by atoms with E-state index < -0.39 is 17.4 Å². The number of ether oxygens (including phenoxy) is 3. The van der Waals surface area contributed by atoms with Crippen LogP contribution in [0.3, 0.4) is 0 Å². The molecule has 0 atom stereocenters. The van der Waals surface area contributed by atoms with Crippen molar-refractivity contribution in [1.82, 2.24) is 0 Å². The predicted octanol–water partition coefficient (Wildman–Crippen LogP) is 5.64. The summed E-state index contributed by atoms with van der Waals surface area (Å²) in [5, 5.41) is 0. The van der Waals surface area contributed by atoms with Gasteiger partial charge in [-0.1, -0.05) is 32.9 Å². The fraction of sp³-hybridized carbons (Fsp3) is 0.643. The van der Waals surface area contributed by atoms with Gasteiger partial charge < -0.3 is 19.1 Å². The molecule has 0 aromatic heterocycles. The van der Waals surface area contributed by atoms with Gasteiger partial charge in [-0.3, -0.25) is 9.59 Å². The second-order valence-electron chi connectivity index (χ2n) is 10.7. The molecule has 0 amide bonds. The molecule has 1 heterocycles. The minimum absolute atomic E-state index is 0.263. The fourth-order valence-corrected chi connectivity index (χ4v) is 5.46. The second-order valence-corrected chi connectivity index (χ2v) is 10.7. The summed E-state index contributed by atoms with van der Waals surface area (Å²) in [5.41, 5.74) is 1.28. The van der Waals surface area contributed by atoms with Gasteiger partial charge in [0.2, 0.25) is 0 Å². The number of rotatable bonds is 6. The van der Waals surface area contributed by atoms with Crippen LogP contribution >= 0.6 is 0 Å². The van der Waals surface area contributed by atoms with Crippen LogP contribution in [0.2, 0.25) is 0 Å². The third-order valence-corrected chi connectivity index (χ3v) is 7.66. The molecule has 1 aliphatic carbocycles. The number of anilines is 1. The summed E-state index contributed by atoms with van der Waals surface area (Å²) in [6.07, 6.45) is 9.70. The molecule has 2 fully saturated rings. The zero-order valence-electron chi connectivity index (χ0n) is 21.7. The molecule has 1 saturated heterocycles. The maximum atomic E-state index is 12.4. The molecule has 1 saturated carbocycles. The molecule has 188 valence electrons. The molecular formula is C28H41NO5. The van der Waals surface area contributed by atoms with Crippen molar-refractivity contribution in [2.75, 3.05) is 32.2 Å². The third kappa shape index (κ3) is 5.59. The lowest BCUT2D eigenvalue weighted by Gasteiger charge is -2.39. The van der Waals surface area contributed by atoms with Gasteiger partial charge in [-0.15, -0.1) is 0 Å². The summed E-state index contributed by atoms with van der Waals surface area (Å²) < 4.78 is 16.3. The normalized spacial score (nSPS) is 22.9. The minimum atomic E-state index is -1.23. The highest BCUT2D eigenvalue weighted by atomic mass is 16.5. The molecule has 1 aliphatic heterocycles. The Labute approximate surface area is 204 Å². The quantitative estimate of drug-likeness (QED) is 0.395. The zero-order chi connectivity index (χ0) is 24.9. The molecule has 1 aromatic carbocycles. The lowest BCUT2D eigenvalue weighted by molar-refractivity contribution is -0.170. The number of allylic oxidation sites excluding steroid dienone is 1. The molecule has 0 unspecified atom stereocenters. The van der Waals surface area contributed by atoms with Crippen LogP contribution in [0.15, 0.2) is 24.3 Å². The summed E-state index contributed by atoms with van der Waals surface area (Å²) in [6.45, 7) is 10.1. The highest BCUT2D eigenvalue weighted by Gasteiger charge is 2.50. The topological polar surface area (TPSA) is 65.1 Å². The number of hydrogen-bond acceptors (Lipinski definition) is 6. The monoisotopic (exact) mass is 471 g/mol. The van der Waals surface area contributed by atoms with Crippen molar-refractivity contribution in [3.05, 3.63) is 29.8 Å². The van der Waals surface area contributed by atoms with Gasteiger partial charge in [-0.05, 0) is 75.0 Å². The molecule has 3 rings (SSSR count). The van der Waals surface area contributed by atoms with E-state index in [9.17, 15) is 9.59 Å². The number of esters is 2. The SMILES string of the molecule is C/C=C\c1cc(OC2CCC(C(C)(C)C)CC2)ccc1N1CCC(C(=O)OC)(C(=O)OC)CC1. The van der Waals surface area contributed by atoms with Gasteiger partial charge in [0.25, 0.3) is 0 Å². The van der Waals surface area contributed by atoms with E-state index in [0.29, 0.717) is 31.3 Å². The Hall–Kier alpha value is -2.50.